The van der Waals surface area contributed by atoms with Crippen LogP contribution in [0.2, 0.25) is 0 Å². The van der Waals surface area contributed by atoms with Crippen LogP contribution < -0.4 is 5.84 Å². The van der Waals surface area contributed by atoms with Gasteiger partial charge in [0.15, 0.2) is 5.82 Å². The van der Waals surface area contributed by atoms with Crippen molar-refractivity contribution in [2.45, 2.75) is 17.3 Å². The van der Waals surface area contributed by atoms with E-state index < -0.39 is 0 Å². The zero-order valence-corrected chi connectivity index (χ0v) is 11.9. The molecule has 0 fully saturated rings. The molecule has 0 amide bonds. The number of hydrogen-bond donors (Lipinski definition) is 1. The van der Waals surface area contributed by atoms with E-state index in [1.165, 1.54) is 5.56 Å². The summed E-state index contributed by atoms with van der Waals surface area (Å²) in [6.07, 6.45) is 2.93. The Kier molecular flexibility index (Phi) is 4.95. The molecule has 0 aliphatic carbocycles. The lowest BCUT2D eigenvalue weighted by Gasteiger charge is -2.03. The predicted molar refractivity (Wildman–Crippen MR) is 78.3 cm³/mol. The second-order valence-electron chi connectivity index (χ2n) is 3.79. The standard InChI is InChI=1S/C12H16N4S2/c1-17-8-7-11-14-15-12(16(11)13)18-9-10-5-3-2-4-6-10/h2-6H,7-9,13H2,1H3. The lowest BCUT2D eigenvalue weighted by Crippen LogP contribution is -2.14. The number of nitrogens with two attached hydrogens (primary N) is 1. The van der Waals surface area contributed by atoms with E-state index >= 15 is 0 Å². The highest BCUT2D eigenvalue weighted by molar-refractivity contribution is 7.98. The van der Waals surface area contributed by atoms with E-state index in [4.69, 9.17) is 5.84 Å². The van der Waals surface area contributed by atoms with Crippen molar-refractivity contribution in [3.63, 3.8) is 0 Å². The van der Waals surface area contributed by atoms with Gasteiger partial charge >= 0.3 is 0 Å². The van der Waals surface area contributed by atoms with Crippen LogP contribution in [0.4, 0.5) is 0 Å². The van der Waals surface area contributed by atoms with Gasteiger partial charge < -0.3 is 5.84 Å². The van der Waals surface area contributed by atoms with Gasteiger partial charge in [-0.3, -0.25) is 0 Å². The van der Waals surface area contributed by atoms with Crippen LogP contribution in [-0.4, -0.2) is 26.9 Å². The topological polar surface area (TPSA) is 56.7 Å². The van der Waals surface area contributed by atoms with Crippen molar-refractivity contribution in [1.29, 1.82) is 0 Å². The molecule has 0 bridgehead atoms. The zero-order chi connectivity index (χ0) is 12.8. The molecule has 0 saturated carbocycles. The Morgan fingerprint density at radius 3 is 2.72 bits per heavy atom. The molecule has 0 aliphatic heterocycles. The highest BCUT2D eigenvalue weighted by Crippen LogP contribution is 2.20. The van der Waals surface area contributed by atoms with E-state index in [1.807, 2.05) is 18.2 Å². The molecule has 0 spiro atoms. The van der Waals surface area contributed by atoms with Gasteiger partial charge in [-0.15, -0.1) is 10.2 Å². The van der Waals surface area contributed by atoms with Crippen LogP contribution in [0.3, 0.4) is 0 Å². The van der Waals surface area contributed by atoms with Gasteiger partial charge in [0.1, 0.15) is 0 Å². The third-order valence-electron chi connectivity index (χ3n) is 2.48. The molecule has 1 aromatic carbocycles. The number of benzene rings is 1. The molecule has 0 saturated heterocycles. The summed E-state index contributed by atoms with van der Waals surface area (Å²) in [4.78, 5) is 0. The summed E-state index contributed by atoms with van der Waals surface area (Å²) in [6, 6.07) is 10.3. The minimum Gasteiger partial charge on any atom is -0.336 e. The number of thioether (sulfide) groups is 2. The maximum atomic E-state index is 5.97. The third-order valence-corrected chi connectivity index (χ3v) is 4.10. The van der Waals surface area contributed by atoms with Gasteiger partial charge in [-0.2, -0.15) is 11.8 Å². The summed E-state index contributed by atoms with van der Waals surface area (Å²) in [7, 11) is 0. The number of aryl methyl sites for hydroxylation is 1. The number of nitrogens with zero attached hydrogens (tertiary/aromatic N) is 3. The Hall–Kier alpha value is -1.14. The molecule has 6 heteroatoms. The van der Waals surface area contributed by atoms with Crippen LogP contribution in [0.5, 0.6) is 0 Å². The fraction of sp³-hybridized carbons (Fsp3) is 0.333. The Balaban J connectivity index is 1.95. The largest absolute Gasteiger partial charge is 0.336 e. The van der Waals surface area contributed by atoms with Gasteiger partial charge in [0.25, 0.3) is 0 Å². The van der Waals surface area contributed by atoms with Gasteiger partial charge in [0.05, 0.1) is 0 Å². The van der Waals surface area contributed by atoms with Gasteiger partial charge in [-0.25, -0.2) is 4.68 Å². The predicted octanol–water partition coefficient (Wildman–Crippen LogP) is 2.19. The summed E-state index contributed by atoms with van der Waals surface area (Å²) >= 11 is 3.39. The first-order valence-corrected chi connectivity index (χ1v) is 8.04. The van der Waals surface area contributed by atoms with Crippen LogP contribution >= 0.6 is 23.5 Å². The van der Waals surface area contributed by atoms with Crippen molar-refractivity contribution in [1.82, 2.24) is 14.9 Å². The van der Waals surface area contributed by atoms with Crippen LogP contribution in [-0.2, 0) is 12.2 Å². The molecule has 2 rings (SSSR count). The van der Waals surface area contributed by atoms with Crippen LogP contribution in [0.15, 0.2) is 35.5 Å². The summed E-state index contributed by atoms with van der Waals surface area (Å²) < 4.78 is 1.60. The zero-order valence-electron chi connectivity index (χ0n) is 10.2. The van der Waals surface area contributed by atoms with Gasteiger partial charge in [-0.05, 0) is 11.8 Å². The van der Waals surface area contributed by atoms with E-state index in [0.717, 1.165) is 28.9 Å². The number of nitrogen functional groups attached to an aromatic ring is 1. The molecule has 1 aromatic heterocycles. The fourth-order valence-electron chi connectivity index (χ4n) is 1.49. The smallest absolute Gasteiger partial charge is 0.210 e. The highest BCUT2D eigenvalue weighted by atomic mass is 32.2. The molecule has 2 aromatic rings. The molecule has 0 aliphatic rings. The summed E-state index contributed by atoms with van der Waals surface area (Å²) in [5, 5.41) is 9.02. The fourth-order valence-corrected chi connectivity index (χ4v) is 2.71. The van der Waals surface area contributed by atoms with E-state index in [0.29, 0.717) is 0 Å². The minimum absolute atomic E-state index is 0.773. The van der Waals surface area contributed by atoms with Crippen LogP contribution in [0, 0.1) is 0 Å². The maximum absolute atomic E-state index is 5.97. The molecule has 0 atom stereocenters. The highest BCUT2D eigenvalue weighted by Gasteiger charge is 2.09. The number of rotatable bonds is 6. The van der Waals surface area contributed by atoms with E-state index in [-0.39, 0.29) is 0 Å². The molecule has 4 nitrogen and oxygen atoms in total. The SMILES string of the molecule is CSCCc1nnc(SCc2ccccc2)n1N. The Morgan fingerprint density at radius 2 is 2.00 bits per heavy atom. The summed E-state index contributed by atoms with van der Waals surface area (Å²) in [5.41, 5.74) is 1.26. The first kappa shape index (κ1) is 13.3. The first-order chi connectivity index (χ1) is 8.81. The van der Waals surface area contributed by atoms with Gasteiger partial charge in [-0.1, -0.05) is 42.1 Å². The second kappa shape index (κ2) is 6.70. The Labute approximate surface area is 115 Å². The van der Waals surface area contributed by atoms with Crippen molar-refractivity contribution >= 4 is 23.5 Å². The first-order valence-electron chi connectivity index (χ1n) is 5.66. The Morgan fingerprint density at radius 1 is 1.22 bits per heavy atom. The minimum atomic E-state index is 0.773. The molecule has 2 N–H and O–H groups in total. The van der Waals surface area contributed by atoms with Crippen molar-refractivity contribution in [3.8, 4) is 0 Å². The normalized spacial score (nSPS) is 10.7. The molecule has 0 radical (unpaired) electrons. The molecular weight excluding hydrogens is 264 g/mol. The summed E-state index contributed by atoms with van der Waals surface area (Å²) in [5.74, 6) is 8.69. The third kappa shape index (κ3) is 3.43. The van der Waals surface area contributed by atoms with Gasteiger partial charge in [0.2, 0.25) is 5.16 Å². The number of hydrogen-bond acceptors (Lipinski definition) is 5. The molecular formula is C12H16N4S2. The number of aromatic nitrogens is 3. The average Bonchev–Trinajstić information content (AvgIpc) is 2.76. The van der Waals surface area contributed by atoms with E-state index in [1.54, 1.807) is 28.2 Å². The molecule has 96 valence electrons. The average molecular weight is 280 g/mol. The van der Waals surface area contributed by atoms with Gasteiger partial charge in [0, 0.05) is 17.9 Å². The monoisotopic (exact) mass is 280 g/mol. The lowest BCUT2D eigenvalue weighted by atomic mass is 10.2. The van der Waals surface area contributed by atoms with Crippen molar-refractivity contribution in [3.05, 3.63) is 41.7 Å². The quantitative estimate of drug-likeness (QED) is 0.649. The molecule has 0 unspecified atom stereocenters. The van der Waals surface area contributed by atoms with Crippen LogP contribution in [0.25, 0.3) is 0 Å². The van der Waals surface area contributed by atoms with E-state index in [2.05, 4.69) is 28.6 Å². The van der Waals surface area contributed by atoms with Crippen LogP contribution in [0.1, 0.15) is 11.4 Å². The molecule has 1 heterocycles. The maximum Gasteiger partial charge on any atom is 0.210 e. The Bertz CT molecular complexity index is 484. The molecule has 18 heavy (non-hydrogen) atoms. The van der Waals surface area contributed by atoms with Crippen molar-refractivity contribution in [2.75, 3.05) is 17.9 Å². The second-order valence-corrected chi connectivity index (χ2v) is 5.71. The van der Waals surface area contributed by atoms with Crippen molar-refractivity contribution in [2.24, 2.45) is 0 Å². The summed E-state index contributed by atoms with van der Waals surface area (Å²) in [6.45, 7) is 0. The van der Waals surface area contributed by atoms with E-state index in [9.17, 15) is 0 Å². The van der Waals surface area contributed by atoms with Crippen molar-refractivity contribution < 1.29 is 0 Å². The lowest BCUT2D eigenvalue weighted by molar-refractivity contribution is 0.799.